The van der Waals surface area contributed by atoms with Crippen LogP contribution in [0.5, 0.6) is 0 Å². The second kappa shape index (κ2) is 4.33. The van der Waals surface area contributed by atoms with Crippen molar-refractivity contribution >= 4 is 27.5 Å². The van der Waals surface area contributed by atoms with Gasteiger partial charge in [0.25, 0.3) is 6.43 Å². The molecule has 0 aliphatic carbocycles. The van der Waals surface area contributed by atoms with Gasteiger partial charge in [0.2, 0.25) is 0 Å². The van der Waals surface area contributed by atoms with Gasteiger partial charge in [-0.15, -0.1) is 11.6 Å². The Morgan fingerprint density at radius 2 is 2.23 bits per heavy atom. The second-order valence-electron chi connectivity index (χ2n) is 2.54. The van der Waals surface area contributed by atoms with Gasteiger partial charge in [0.15, 0.2) is 0 Å². The number of hydrogen-bond acceptors (Lipinski definition) is 1. The van der Waals surface area contributed by atoms with Crippen LogP contribution in [0.3, 0.4) is 0 Å². The van der Waals surface area contributed by atoms with Crippen LogP contribution >= 0.6 is 27.5 Å². The lowest BCUT2D eigenvalue weighted by molar-refractivity contribution is 0.145. The van der Waals surface area contributed by atoms with Crippen molar-refractivity contribution < 1.29 is 8.78 Å². The molecule has 0 radical (unpaired) electrons. The lowest BCUT2D eigenvalue weighted by Crippen LogP contribution is -1.97. The molecule has 0 saturated carbocycles. The van der Waals surface area contributed by atoms with Crippen LogP contribution in [0.1, 0.15) is 23.4 Å². The van der Waals surface area contributed by atoms with Gasteiger partial charge in [-0.05, 0) is 34.5 Å². The van der Waals surface area contributed by atoms with E-state index in [0.717, 1.165) is 0 Å². The van der Waals surface area contributed by atoms with Crippen LogP contribution < -0.4 is 0 Å². The summed E-state index contributed by atoms with van der Waals surface area (Å²) in [4.78, 5) is 3.73. The van der Waals surface area contributed by atoms with Crippen LogP contribution in [0, 0.1) is 6.92 Å². The Bertz CT molecular complexity index is 317. The maximum Gasteiger partial charge on any atom is 0.280 e. The van der Waals surface area contributed by atoms with E-state index in [1.54, 1.807) is 6.92 Å². The maximum atomic E-state index is 12.3. The smallest absolute Gasteiger partial charge is 0.251 e. The number of aromatic nitrogens is 1. The summed E-state index contributed by atoms with van der Waals surface area (Å²) in [5.41, 5.74) is 0.953. The van der Waals surface area contributed by atoms with E-state index >= 15 is 0 Å². The molecule has 0 aliphatic heterocycles. The first-order valence-corrected chi connectivity index (χ1v) is 4.89. The van der Waals surface area contributed by atoms with Crippen LogP contribution in [0.4, 0.5) is 8.78 Å². The largest absolute Gasteiger partial charge is 0.280 e. The van der Waals surface area contributed by atoms with Gasteiger partial charge in [-0.2, -0.15) is 0 Å². The van der Waals surface area contributed by atoms with Gasteiger partial charge in [-0.1, -0.05) is 0 Å². The highest BCUT2D eigenvalue weighted by Gasteiger charge is 2.13. The first-order chi connectivity index (χ1) is 6.06. The molecule has 0 atom stereocenters. The molecular formula is C8H7BrClF2N. The first-order valence-electron chi connectivity index (χ1n) is 3.56. The Hall–Kier alpha value is -0.220. The Kier molecular flexibility index (Phi) is 3.62. The highest BCUT2D eigenvalue weighted by Crippen LogP contribution is 2.26. The molecule has 0 bridgehead atoms. The average molecular weight is 271 g/mol. The van der Waals surface area contributed by atoms with Crippen LogP contribution in [0.2, 0.25) is 0 Å². The van der Waals surface area contributed by atoms with Gasteiger partial charge in [0.05, 0.1) is 5.69 Å². The van der Waals surface area contributed by atoms with Crippen molar-refractivity contribution in [2.24, 2.45) is 0 Å². The molecule has 1 heterocycles. The molecule has 0 amide bonds. The highest BCUT2D eigenvalue weighted by molar-refractivity contribution is 9.10. The van der Waals surface area contributed by atoms with Gasteiger partial charge < -0.3 is 0 Å². The van der Waals surface area contributed by atoms with E-state index in [-0.39, 0.29) is 11.6 Å². The minimum absolute atomic E-state index is 0.198. The van der Waals surface area contributed by atoms with Gasteiger partial charge >= 0.3 is 0 Å². The molecule has 0 saturated heterocycles. The average Bonchev–Trinajstić information content (AvgIpc) is 2.09. The summed E-state index contributed by atoms with van der Waals surface area (Å²) in [6.07, 6.45) is -2.55. The SMILES string of the molecule is Cc1nc(C(F)F)cc(CCl)c1Br. The number of aryl methyl sites for hydroxylation is 1. The molecule has 1 nitrogen and oxygen atoms in total. The van der Waals surface area contributed by atoms with Crippen LogP contribution in [-0.4, -0.2) is 4.98 Å². The fourth-order valence-electron chi connectivity index (χ4n) is 0.958. The quantitative estimate of drug-likeness (QED) is 0.744. The molecule has 72 valence electrons. The minimum Gasteiger partial charge on any atom is -0.251 e. The maximum absolute atomic E-state index is 12.3. The number of halogens is 4. The molecule has 1 aromatic heterocycles. The van der Waals surface area contributed by atoms with Gasteiger partial charge in [0.1, 0.15) is 5.69 Å². The molecular weight excluding hydrogens is 263 g/mol. The van der Waals surface area contributed by atoms with E-state index in [0.29, 0.717) is 15.7 Å². The first kappa shape index (κ1) is 10.9. The van der Waals surface area contributed by atoms with Crippen molar-refractivity contribution in [2.75, 3.05) is 0 Å². The van der Waals surface area contributed by atoms with E-state index in [2.05, 4.69) is 20.9 Å². The number of nitrogens with zero attached hydrogens (tertiary/aromatic N) is 1. The van der Waals surface area contributed by atoms with Crippen LogP contribution in [0.15, 0.2) is 10.5 Å². The Morgan fingerprint density at radius 1 is 1.62 bits per heavy atom. The molecule has 13 heavy (non-hydrogen) atoms. The van der Waals surface area contributed by atoms with Gasteiger partial charge in [-0.25, -0.2) is 8.78 Å². The second-order valence-corrected chi connectivity index (χ2v) is 3.60. The molecule has 1 rings (SSSR count). The molecule has 0 N–H and O–H groups in total. The fraction of sp³-hybridized carbons (Fsp3) is 0.375. The van der Waals surface area contributed by atoms with Crippen molar-refractivity contribution in [3.63, 3.8) is 0 Å². The lowest BCUT2D eigenvalue weighted by Gasteiger charge is -2.06. The summed E-state index contributed by atoms with van der Waals surface area (Å²) in [7, 11) is 0. The van der Waals surface area contributed by atoms with Crippen molar-refractivity contribution in [2.45, 2.75) is 19.2 Å². The van der Waals surface area contributed by atoms with E-state index in [1.807, 2.05) is 0 Å². The Morgan fingerprint density at radius 3 is 2.69 bits per heavy atom. The van der Waals surface area contributed by atoms with Crippen LogP contribution in [-0.2, 0) is 5.88 Å². The third-order valence-electron chi connectivity index (χ3n) is 1.59. The van der Waals surface area contributed by atoms with E-state index in [9.17, 15) is 8.78 Å². The molecule has 0 aliphatic rings. The van der Waals surface area contributed by atoms with Gasteiger partial charge in [-0.3, -0.25) is 4.98 Å². The summed E-state index contributed by atoms with van der Waals surface area (Å²) >= 11 is 8.81. The van der Waals surface area contributed by atoms with Crippen molar-refractivity contribution in [3.05, 3.63) is 27.5 Å². The predicted octanol–water partition coefficient (Wildman–Crippen LogP) is 3.83. The zero-order chi connectivity index (χ0) is 10.0. The summed E-state index contributed by atoms with van der Waals surface area (Å²) in [5.74, 6) is 0.198. The number of rotatable bonds is 2. The molecule has 0 spiro atoms. The molecule has 5 heteroatoms. The van der Waals surface area contributed by atoms with Crippen molar-refractivity contribution in [3.8, 4) is 0 Å². The monoisotopic (exact) mass is 269 g/mol. The zero-order valence-corrected chi connectivity index (χ0v) is 9.16. The summed E-state index contributed by atoms with van der Waals surface area (Å²) in [6.45, 7) is 1.66. The molecule has 0 fully saturated rings. The van der Waals surface area contributed by atoms with E-state index in [4.69, 9.17) is 11.6 Å². The van der Waals surface area contributed by atoms with E-state index < -0.39 is 6.43 Å². The Labute approximate surface area is 88.2 Å². The van der Waals surface area contributed by atoms with Crippen molar-refractivity contribution in [1.82, 2.24) is 4.98 Å². The highest BCUT2D eigenvalue weighted by atomic mass is 79.9. The summed E-state index contributed by atoms with van der Waals surface area (Å²) in [5, 5.41) is 0. The Balaban J connectivity index is 3.22. The molecule has 0 aromatic carbocycles. The topological polar surface area (TPSA) is 12.9 Å². The fourth-order valence-corrected chi connectivity index (χ4v) is 1.67. The minimum atomic E-state index is -2.55. The standard InChI is InChI=1S/C8H7BrClF2N/c1-4-7(9)5(3-10)2-6(13-4)8(11)12/h2,8H,3H2,1H3. The summed E-state index contributed by atoms with van der Waals surface area (Å²) in [6, 6.07) is 1.31. The molecule has 1 aromatic rings. The van der Waals surface area contributed by atoms with Crippen molar-refractivity contribution in [1.29, 1.82) is 0 Å². The number of pyridine rings is 1. The van der Waals surface area contributed by atoms with E-state index in [1.165, 1.54) is 6.07 Å². The summed E-state index contributed by atoms with van der Waals surface area (Å²) < 4.78 is 25.2. The third-order valence-corrected chi connectivity index (χ3v) is 2.96. The zero-order valence-electron chi connectivity index (χ0n) is 6.82. The number of hydrogen-bond donors (Lipinski definition) is 0. The third kappa shape index (κ3) is 2.38. The number of alkyl halides is 3. The normalized spacial score (nSPS) is 10.9. The van der Waals surface area contributed by atoms with Crippen LogP contribution in [0.25, 0.3) is 0 Å². The predicted molar refractivity (Wildman–Crippen MR) is 51.2 cm³/mol. The lowest BCUT2D eigenvalue weighted by atomic mass is 10.2. The molecule has 0 unspecified atom stereocenters. The van der Waals surface area contributed by atoms with Gasteiger partial charge in [0, 0.05) is 10.4 Å².